The van der Waals surface area contributed by atoms with Gasteiger partial charge in [-0.05, 0) is 92.0 Å². The van der Waals surface area contributed by atoms with E-state index in [0.717, 1.165) is 53.4 Å². The van der Waals surface area contributed by atoms with Crippen LogP contribution in [-0.2, 0) is 6.42 Å². The second-order valence-electron chi connectivity index (χ2n) is 9.52. The highest BCUT2D eigenvalue weighted by molar-refractivity contribution is 5.65. The summed E-state index contributed by atoms with van der Waals surface area (Å²) in [7, 11) is 0. The van der Waals surface area contributed by atoms with E-state index in [-0.39, 0.29) is 5.41 Å². The highest BCUT2D eigenvalue weighted by Crippen LogP contribution is 2.33. The summed E-state index contributed by atoms with van der Waals surface area (Å²) in [6.45, 7) is 12.8. The molecule has 4 heteroatoms. The summed E-state index contributed by atoms with van der Waals surface area (Å²) in [5.74, 6) is 1.59. The molecule has 1 aliphatic rings. The molecule has 3 rings (SSSR count). The molecule has 1 saturated heterocycles. The molecule has 0 aromatic heterocycles. The van der Waals surface area contributed by atoms with E-state index in [2.05, 4.69) is 57.7 Å². The molecule has 0 spiro atoms. The lowest BCUT2D eigenvalue weighted by Crippen LogP contribution is -2.28. The smallest absolute Gasteiger partial charge is 0.130 e. The van der Waals surface area contributed by atoms with Gasteiger partial charge < -0.3 is 9.64 Å². The molecule has 2 aromatic rings. The van der Waals surface area contributed by atoms with Crippen LogP contribution in [0.2, 0.25) is 0 Å². The quantitative estimate of drug-likeness (QED) is 0.412. The van der Waals surface area contributed by atoms with Gasteiger partial charge in [0.15, 0.2) is 0 Å². The summed E-state index contributed by atoms with van der Waals surface area (Å²) in [6.07, 6.45) is 6.63. The zero-order valence-corrected chi connectivity index (χ0v) is 19.0. The summed E-state index contributed by atoms with van der Waals surface area (Å²) in [4.78, 5) is 7.03. The third-order valence-electron chi connectivity index (χ3n) is 5.39. The maximum Gasteiger partial charge on any atom is 0.130 e. The molecule has 0 amide bonds. The summed E-state index contributed by atoms with van der Waals surface area (Å²) in [6, 6.07) is 12.2. The number of ether oxygens (including phenoxy) is 1. The van der Waals surface area contributed by atoms with Gasteiger partial charge in [-0.2, -0.15) is 5.26 Å². The van der Waals surface area contributed by atoms with Crippen molar-refractivity contribution in [2.75, 3.05) is 13.1 Å². The minimum absolute atomic E-state index is 0.102. The summed E-state index contributed by atoms with van der Waals surface area (Å²) < 4.78 is 6.22. The van der Waals surface area contributed by atoms with Crippen molar-refractivity contribution in [2.45, 2.75) is 60.3 Å². The van der Waals surface area contributed by atoms with Crippen molar-refractivity contribution in [1.82, 2.24) is 4.90 Å². The van der Waals surface area contributed by atoms with Crippen LogP contribution in [0.5, 0.6) is 11.5 Å². The lowest BCUT2D eigenvalue weighted by Gasteiger charge is -2.24. The van der Waals surface area contributed by atoms with Gasteiger partial charge in [0.1, 0.15) is 11.5 Å². The van der Waals surface area contributed by atoms with Crippen molar-refractivity contribution in [3.8, 4) is 17.6 Å². The standard InChI is InChI=1S/C26H33N3O/c1-19-14-25(20(2)13-24(19)28-18-29-11-7-6-8-12-29)30-23-10-9-21(17-27)22(15-23)16-26(3,4)5/h9-10,13-15,18H,6-8,11-12,16H2,1-5H3. The second kappa shape index (κ2) is 9.34. The molecule has 0 bridgehead atoms. The van der Waals surface area contributed by atoms with E-state index in [1.165, 1.54) is 19.3 Å². The largest absolute Gasteiger partial charge is 0.457 e. The number of aliphatic imine (C=N–C) groups is 1. The van der Waals surface area contributed by atoms with E-state index in [0.29, 0.717) is 5.56 Å². The minimum atomic E-state index is 0.102. The van der Waals surface area contributed by atoms with Gasteiger partial charge >= 0.3 is 0 Å². The van der Waals surface area contributed by atoms with Crippen LogP contribution >= 0.6 is 0 Å². The Labute approximate surface area is 181 Å². The fourth-order valence-electron chi connectivity index (χ4n) is 3.79. The molecule has 0 N–H and O–H groups in total. The van der Waals surface area contributed by atoms with Crippen LogP contribution in [0, 0.1) is 30.6 Å². The van der Waals surface area contributed by atoms with Crippen molar-refractivity contribution in [1.29, 1.82) is 5.26 Å². The Balaban J connectivity index is 1.80. The van der Waals surface area contributed by atoms with Crippen LogP contribution in [0.4, 0.5) is 5.69 Å². The number of piperidine rings is 1. The fourth-order valence-corrected chi connectivity index (χ4v) is 3.79. The molecular weight excluding hydrogens is 370 g/mol. The highest BCUT2D eigenvalue weighted by atomic mass is 16.5. The SMILES string of the molecule is Cc1cc(Oc2ccc(C#N)c(CC(C)(C)C)c2)c(C)cc1N=CN1CCCCC1. The molecule has 0 atom stereocenters. The summed E-state index contributed by atoms with van der Waals surface area (Å²) in [5.41, 5.74) is 4.97. The van der Waals surface area contributed by atoms with E-state index < -0.39 is 0 Å². The molecular formula is C26H33N3O. The number of rotatable bonds is 5. The van der Waals surface area contributed by atoms with Crippen LogP contribution in [0.1, 0.15) is 62.3 Å². The van der Waals surface area contributed by atoms with Crippen molar-refractivity contribution in [2.24, 2.45) is 10.4 Å². The first-order valence-corrected chi connectivity index (χ1v) is 10.9. The molecule has 1 fully saturated rings. The molecule has 30 heavy (non-hydrogen) atoms. The van der Waals surface area contributed by atoms with E-state index in [1.54, 1.807) is 0 Å². The fraction of sp³-hybridized carbons (Fsp3) is 0.462. The summed E-state index contributed by atoms with van der Waals surface area (Å²) >= 11 is 0. The van der Waals surface area contributed by atoms with Crippen LogP contribution in [0.25, 0.3) is 0 Å². The number of hydrogen-bond donors (Lipinski definition) is 0. The van der Waals surface area contributed by atoms with E-state index in [4.69, 9.17) is 9.73 Å². The lowest BCUT2D eigenvalue weighted by atomic mass is 9.86. The Kier molecular flexibility index (Phi) is 6.82. The number of nitriles is 1. The van der Waals surface area contributed by atoms with Crippen molar-refractivity contribution < 1.29 is 4.74 Å². The third kappa shape index (κ3) is 5.86. The Morgan fingerprint density at radius 3 is 2.47 bits per heavy atom. The number of aryl methyl sites for hydroxylation is 2. The normalized spacial score (nSPS) is 14.7. The predicted molar refractivity (Wildman–Crippen MR) is 124 cm³/mol. The van der Waals surface area contributed by atoms with Gasteiger partial charge in [-0.15, -0.1) is 0 Å². The molecule has 4 nitrogen and oxygen atoms in total. The molecule has 0 saturated carbocycles. The van der Waals surface area contributed by atoms with Gasteiger partial charge in [0, 0.05) is 13.1 Å². The Morgan fingerprint density at radius 2 is 1.80 bits per heavy atom. The first kappa shape index (κ1) is 21.9. The van der Waals surface area contributed by atoms with Gasteiger partial charge in [-0.25, -0.2) is 4.99 Å². The number of nitrogens with zero attached hydrogens (tertiary/aromatic N) is 3. The molecule has 1 aliphatic heterocycles. The topological polar surface area (TPSA) is 48.6 Å². The Hall–Kier alpha value is -2.80. The monoisotopic (exact) mass is 403 g/mol. The van der Waals surface area contributed by atoms with Crippen molar-refractivity contribution in [3.63, 3.8) is 0 Å². The first-order chi connectivity index (χ1) is 14.2. The Morgan fingerprint density at radius 1 is 1.07 bits per heavy atom. The molecule has 2 aromatic carbocycles. The van der Waals surface area contributed by atoms with Crippen LogP contribution in [0.15, 0.2) is 35.3 Å². The van der Waals surface area contributed by atoms with Crippen LogP contribution in [0.3, 0.4) is 0 Å². The highest BCUT2D eigenvalue weighted by Gasteiger charge is 2.16. The minimum Gasteiger partial charge on any atom is -0.457 e. The van der Waals surface area contributed by atoms with Gasteiger partial charge in [0.05, 0.1) is 23.7 Å². The summed E-state index contributed by atoms with van der Waals surface area (Å²) in [5, 5.41) is 9.44. The molecule has 0 aliphatic carbocycles. The molecule has 1 heterocycles. The molecule has 158 valence electrons. The van der Waals surface area contributed by atoms with Crippen molar-refractivity contribution >= 4 is 12.0 Å². The second-order valence-corrected chi connectivity index (χ2v) is 9.52. The number of likely N-dealkylation sites (tertiary alicyclic amines) is 1. The van der Waals surface area contributed by atoms with Gasteiger partial charge in [-0.1, -0.05) is 20.8 Å². The van der Waals surface area contributed by atoms with Crippen LogP contribution < -0.4 is 4.74 Å². The zero-order valence-electron chi connectivity index (χ0n) is 19.0. The molecule has 0 unspecified atom stereocenters. The lowest BCUT2D eigenvalue weighted by molar-refractivity contribution is 0.351. The van der Waals surface area contributed by atoms with Gasteiger partial charge in [0.25, 0.3) is 0 Å². The van der Waals surface area contributed by atoms with Gasteiger partial charge in [-0.3, -0.25) is 0 Å². The van der Waals surface area contributed by atoms with E-state index in [1.807, 2.05) is 24.5 Å². The van der Waals surface area contributed by atoms with E-state index >= 15 is 0 Å². The van der Waals surface area contributed by atoms with Gasteiger partial charge in [0.2, 0.25) is 0 Å². The van der Waals surface area contributed by atoms with Crippen LogP contribution in [-0.4, -0.2) is 24.3 Å². The maximum atomic E-state index is 9.44. The maximum absolute atomic E-state index is 9.44. The third-order valence-corrected chi connectivity index (χ3v) is 5.39. The molecule has 0 radical (unpaired) electrons. The average molecular weight is 404 g/mol. The first-order valence-electron chi connectivity index (χ1n) is 10.9. The zero-order chi connectivity index (χ0) is 21.7. The number of hydrogen-bond acceptors (Lipinski definition) is 3. The van der Waals surface area contributed by atoms with E-state index in [9.17, 15) is 5.26 Å². The predicted octanol–water partition coefficient (Wildman–Crippen LogP) is 6.70. The Bertz CT molecular complexity index is 957. The van der Waals surface area contributed by atoms with Crippen molar-refractivity contribution in [3.05, 3.63) is 52.6 Å². The average Bonchev–Trinajstić information content (AvgIpc) is 2.69. The number of benzene rings is 2.